The fourth-order valence-electron chi connectivity index (χ4n) is 1.21. The SMILES string of the molecule is O=C1Cc2cccn2C1. The average Bonchev–Trinajstić information content (AvgIpc) is 2.22. The Morgan fingerprint density at radius 3 is 3.22 bits per heavy atom. The standard InChI is InChI=1S/C7H7NO/c9-7-4-6-2-1-3-8(6)5-7/h1-3H,4-5H2. The van der Waals surface area contributed by atoms with Crippen molar-refractivity contribution in [1.29, 1.82) is 0 Å². The summed E-state index contributed by atoms with van der Waals surface area (Å²) < 4.78 is 1.99. The molecule has 0 unspecified atom stereocenters. The van der Waals surface area contributed by atoms with Gasteiger partial charge in [-0.15, -0.1) is 0 Å². The monoisotopic (exact) mass is 121 g/mol. The highest BCUT2D eigenvalue weighted by atomic mass is 16.1. The molecular formula is C7H7NO. The Labute approximate surface area is 53.1 Å². The van der Waals surface area contributed by atoms with Crippen LogP contribution in [0.2, 0.25) is 0 Å². The van der Waals surface area contributed by atoms with E-state index in [1.807, 2.05) is 22.9 Å². The third-order valence-electron chi connectivity index (χ3n) is 1.65. The number of hydrogen-bond acceptors (Lipinski definition) is 1. The third kappa shape index (κ3) is 0.593. The lowest BCUT2D eigenvalue weighted by Crippen LogP contribution is -1.97. The van der Waals surface area contributed by atoms with Gasteiger partial charge in [0.25, 0.3) is 0 Å². The lowest BCUT2D eigenvalue weighted by Gasteiger charge is -1.88. The van der Waals surface area contributed by atoms with Crippen molar-refractivity contribution in [3.8, 4) is 0 Å². The summed E-state index contributed by atoms with van der Waals surface area (Å²) in [7, 11) is 0. The first-order chi connectivity index (χ1) is 4.36. The first kappa shape index (κ1) is 4.79. The third-order valence-corrected chi connectivity index (χ3v) is 1.65. The minimum Gasteiger partial charge on any atom is -0.344 e. The quantitative estimate of drug-likeness (QED) is 0.493. The van der Waals surface area contributed by atoms with Crippen LogP contribution in [0, 0.1) is 0 Å². The number of nitrogens with zero attached hydrogens (tertiary/aromatic N) is 1. The summed E-state index contributed by atoms with van der Waals surface area (Å²) in [6.07, 6.45) is 2.58. The molecule has 0 aliphatic carbocycles. The number of ketones is 1. The molecular weight excluding hydrogens is 114 g/mol. The van der Waals surface area contributed by atoms with E-state index in [-0.39, 0.29) is 0 Å². The van der Waals surface area contributed by atoms with Gasteiger partial charge in [0.1, 0.15) is 0 Å². The number of aromatic nitrogens is 1. The van der Waals surface area contributed by atoms with Crippen LogP contribution in [-0.4, -0.2) is 10.4 Å². The lowest BCUT2D eigenvalue weighted by atomic mass is 10.3. The highest BCUT2D eigenvalue weighted by molar-refractivity contribution is 5.83. The zero-order valence-electron chi connectivity index (χ0n) is 5.00. The van der Waals surface area contributed by atoms with E-state index in [1.54, 1.807) is 0 Å². The van der Waals surface area contributed by atoms with Crippen LogP contribution in [0.15, 0.2) is 18.3 Å². The zero-order valence-corrected chi connectivity index (χ0v) is 5.00. The Hall–Kier alpha value is -1.05. The van der Waals surface area contributed by atoms with Crippen molar-refractivity contribution in [2.24, 2.45) is 0 Å². The Morgan fingerprint density at radius 2 is 2.44 bits per heavy atom. The maximum Gasteiger partial charge on any atom is 0.158 e. The minimum atomic E-state index is 0.325. The molecule has 0 spiro atoms. The number of carbonyl (C=O) groups excluding carboxylic acids is 1. The topological polar surface area (TPSA) is 22.0 Å². The van der Waals surface area contributed by atoms with Gasteiger partial charge in [-0.2, -0.15) is 0 Å². The van der Waals surface area contributed by atoms with Gasteiger partial charge in [-0.3, -0.25) is 4.79 Å². The summed E-state index contributed by atoms with van der Waals surface area (Å²) >= 11 is 0. The van der Waals surface area contributed by atoms with Crippen molar-refractivity contribution >= 4 is 5.78 Å². The van der Waals surface area contributed by atoms with Crippen molar-refractivity contribution in [3.05, 3.63) is 24.0 Å². The van der Waals surface area contributed by atoms with E-state index in [4.69, 9.17) is 0 Å². The van der Waals surface area contributed by atoms with Crippen LogP contribution >= 0.6 is 0 Å². The smallest absolute Gasteiger partial charge is 0.158 e. The molecule has 1 aromatic rings. The van der Waals surface area contributed by atoms with E-state index in [0.29, 0.717) is 18.7 Å². The van der Waals surface area contributed by atoms with Crippen LogP contribution < -0.4 is 0 Å². The lowest BCUT2D eigenvalue weighted by molar-refractivity contribution is -0.117. The Bertz CT molecular complexity index is 227. The van der Waals surface area contributed by atoms with E-state index in [0.717, 1.165) is 5.69 Å². The molecule has 0 radical (unpaired) electrons. The summed E-state index contributed by atoms with van der Waals surface area (Å²) in [6, 6.07) is 3.96. The van der Waals surface area contributed by atoms with Crippen LogP contribution in [0.25, 0.3) is 0 Å². The number of carbonyl (C=O) groups is 1. The molecule has 9 heavy (non-hydrogen) atoms. The van der Waals surface area contributed by atoms with E-state index in [2.05, 4.69) is 0 Å². The van der Waals surface area contributed by atoms with E-state index in [9.17, 15) is 4.79 Å². The van der Waals surface area contributed by atoms with Gasteiger partial charge >= 0.3 is 0 Å². The molecule has 0 amide bonds. The predicted molar refractivity (Wildman–Crippen MR) is 33.1 cm³/mol. The molecule has 0 fully saturated rings. The molecule has 1 aromatic heterocycles. The predicted octanol–water partition coefficient (Wildman–Crippen LogP) is 0.613. The first-order valence-corrected chi connectivity index (χ1v) is 3.02. The van der Waals surface area contributed by atoms with Gasteiger partial charge in [-0.1, -0.05) is 0 Å². The maximum absolute atomic E-state index is 10.7. The molecule has 0 saturated heterocycles. The molecule has 46 valence electrons. The molecule has 0 aromatic carbocycles. The van der Waals surface area contributed by atoms with Crippen molar-refractivity contribution in [2.75, 3.05) is 0 Å². The zero-order chi connectivity index (χ0) is 6.27. The van der Waals surface area contributed by atoms with Gasteiger partial charge in [0.2, 0.25) is 0 Å². The van der Waals surface area contributed by atoms with Gasteiger partial charge in [0.05, 0.1) is 6.54 Å². The van der Waals surface area contributed by atoms with Crippen molar-refractivity contribution in [1.82, 2.24) is 4.57 Å². The fourth-order valence-corrected chi connectivity index (χ4v) is 1.21. The van der Waals surface area contributed by atoms with Gasteiger partial charge < -0.3 is 4.57 Å². The van der Waals surface area contributed by atoms with Gasteiger partial charge in [0.15, 0.2) is 5.78 Å². The number of rotatable bonds is 0. The van der Waals surface area contributed by atoms with Crippen LogP contribution in [0.3, 0.4) is 0 Å². The van der Waals surface area contributed by atoms with Crippen LogP contribution in [0.4, 0.5) is 0 Å². The molecule has 0 bridgehead atoms. The minimum absolute atomic E-state index is 0.325. The molecule has 0 atom stereocenters. The highest BCUT2D eigenvalue weighted by Crippen LogP contribution is 2.10. The summed E-state index contributed by atoms with van der Waals surface area (Å²) in [5, 5.41) is 0. The second-order valence-electron chi connectivity index (χ2n) is 2.34. The Kier molecular flexibility index (Phi) is 0.781. The molecule has 2 rings (SSSR count). The summed E-state index contributed by atoms with van der Waals surface area (Å²) in [6.45, 7) is 0.586. The summed E-state index contributed by atoms with van der Waals surface area (Å²) in [4.78, 5) is 10.7. The van der Waals surface area contributed by atoms with Crippen LogP contribution in [0.1, 0.15) is 5.69 Å². The molecule has 2 nitrogen and oxygen atoms in total. The largest absolute Gasteiger partial charge is 0.344 e. The second-order valence-corrected chi connectivity index (χ2v) is 2.34. The first-order valence-electron chi connectivity index (χ1n) is 3.02. The van der Waals surface area contributed by atoms with Crippen molar-refractivity contribution in [2.45, 2.75) is 13.0 Å². The van der Waals surface area contributed by atoms with E-state index >= 15 is 0 Å². The molecule has 1 aliphatic heterocycles. The number of fused-ring (bicyclic) bond motifs is 1. The summed E-state index contributed by atoms with van der Waals surface area (Å²) in [5.41, 5.74) is 1.15. The maximum atomic E-state index is 10.7. The highest BCUT2D eigenvalue weighted by Gasteiger charge is 2.15. The van der Waals surface area contributed by atoms with Crippen molar-refractivity contribution < 1.29 is 4.79 Å². The average molecular weight is 121 g/mol. The molecule has 0 N–H and O–H groups in total. The molecule has 2 heteroatoms. The Balaban J connectivity index is 2.49. The molecule has 2 heterocycles. The van der Waals surface area contributed by atoms with Gasteiger partial charge in [0, 0.05) is 18.3 Å². The van der Waals surface area contributed by atoms with Crippen LogP contribution in [-0.2, 0) is 17.8 Å². The fraction of sp³-hybridized carbons (Fsp3) is 0.286. The van der Waals surface area contributed by atoms with Gasteiger partial charge in [-0.25, -0.2) is 0 Å². The van der Waals surface area contributed by atoms with Crippen LogP contribution in [0.5, 0.6) is 0 Å². The molecule has 1 aliphatic rings. The normalized spacial score (nSPS) is 16.2. The van der Waals surface area contributed by atoms with E-state index < -0.39 is 0 Å². The molecule has 0 saturated carbocycles. The Morgan fingerprint density at radius 1 is 1.56 bits per heavy atom. The second kappa shape index (κ2) is 1.47. The van der Waals surface area contributed by atoms with E-state index in [1.165, 1.54) is 0 Å². The summed E-state index contributed by atoms with van der Waals surface area (Å²) in [5.74, 6) is 0.325. The number of hydrogen-bond donors (Lipinski definition) is 0. The van der Waals surface area contributed by atoms with Crippen molar-refractivity contribution in [3.63, 3.8) is 0 Å². The number of Topliss-reactive ketones (excluding diaryl/α,β-unsaturated/α-hetero) is 1. The van der Waals surface area contributed by atoms with Gasteiger partial charge in [-0.05, 0) is 12.1 Å².